The van der Waals surface area contributed by atoms with E-state index in [4.69, 9.17) is 11.5 Å². The normalized spacial score (nSPS) is 24.5. The van der Waals surface area contributed by atoms with E-state index in [0.717, 1.165) is 6.42 Å². The zero-order chi connectivity index (χ0) is 9.52. The molecule has 2 unspecified atom stereocenters. The highest BCUT2D eigenvalue weighted by atomic mass is 16.3. The first-order chi connectivity index (χ1) is 6.33. The maximum atomic E-state index is 9.05. The summed E-state index contributed by atoms with van der Waals surface area (Å²) in [6, 6.07) is 0. The fourth-order valence-electron chi connectivity index (χ4n) is 1.52. The van der Waals surface area contributed by atoms with Crippen LogP contribution < -0.4 is 0 Å². The maximum Gasteiger partial charge on any atom is 0.133 e. The van der Waals surface area contributed by atoms with Crippen LogP contribution in [-0.4, -0.2) is 11.2 Å². The fraction of sp³-hybridized carbons (Fsp3) is 0.500. The second-order valence-electron chi connectivity index (χ2n) is 3.39. The van der Waals surface area contributed by atoms with E-state index in [9.17, 15) is 0 Å². The zero-order valence-corrected chi connectivity index (χ0v) is 7.82. The van der Waals surface area contributed by atoms with Crippen LogP contribution in [0.2, 0.25) is 0 Å². The topological polar surface area (TPSA) is 20.2 Å². The first kappa shape index (κ1) is 10.1. The molecule has 0 heterocycles. The first-order valence-corrected chi connectivity index (χ1v) is 4.80. The third-order valence-electron chi connectivity index (χ3n) is 2.28. The SMILES string of the molecule is C#CC(O)C=CCC1C=CCCC1. The van der Waals surface area contributed by atoms with Crippen LogP contribution >= 0.6 is 0 Å². The Morgan fingerprint density at radius 1 is 1.69 bits per heavy atom. The van der Waals surface area contributed by atoms with Gasteiger partial charge in [0.2, 0.25) is 0 Å². The number of allylic oxidation sites excluding steroid dienone is 3. The number of rotatable bonds is 3. The predicted octanol–water partition coefficient (Wildman–Crippen LogP) is 2.28. The second kappa shape index (κ2) is 5.61. The summed E-state index contributed by atoms with van der Waals surface area (Å²) in [4.78, 5) is 0. The van der Waals surface area contributed by atoms with Gasteiger partial charge in [0.25, 0.3) is 0 Å². The summed E-state index contributed by atoms with van der Waals surface area (Å²) in [7, 11) is 0. The van der Waals surface area contributed by atoms with Gasteiger partial charge in [-0.2, -0.15) is 0 Å². The van der Waals surface area contributed by atoms with Crippen LogP contribution in [0.25, 0.3) is 0 Å². The summed E-state index contributed by atoms with van der Waals surface area (Å²) >= 11 is 0. The van der Waals surface area contributed by atoms with Gasteiger partial charge < -0.3 is 5.11 Å². The smallest absolute Gasteiger partial charge is 0.133 e. The molecule has 1 aliphatic carbocycles. The molecule has 0 saturated heterocycles. The lowest BCUT2D eigenvalue weighted by Crippen LogP contribution is -2.00. The highest BCUT2D eigenvalue weighted by Crippen LogP contribution is 2.20. The summed E-state index contributed by atoms with van der Waals surface area (Å²) in [6.45, 7) is 0. The quantitative estimate of drug-likeness (QED) is 0.516. The molecular weight excluding hydrogens is 160 g/mol. The molecule has 0 aromatic rings. The standard InChI is InChI=1S/C12H16O/c1-2-12(13)10-6-9-11-7-4-3-5-8-11/h1,4,6-7,10-13H,3,5,8-9H2. The Labute approximate surface area is 80.2 Å². The minimum atomic E-state index is -0.715. The van der Waals surface area contributed by atoms with Gasteiger partial charge in [0.1, 0.15) is 6.10 Å². The van der Waals surface area contributed by atoms with Crippen LogP contribution in [0.5, 0.6) is 0 Å². The minimum Gasteiger partial charge on any atom is -0.377 e. The Kier molecular flexibility index (Phi) is 4.35. The van der Waals surface area contributed by atoms with E-state index < -0.39 is 6.10 Å². The second-order valence-corrected chi connectivity index (χ2v) is 3.39. The van der Waals surface area contributed by atoms with Crippen molar-refractivity contribution in [2.45, 2.75) is 31.8 Å². The molecule has 1 heteroatoms. The van der Waals surface area contributed by atoms with E-state index in [0.29, 0.717) is 5.92 Å². The summed E-state index contributed by atoms with van der Waals surface area (Å²) in [5, 5.41) is 9.05. The van der Waals surface area contributed by atoms with Crippen molar-refractivity contribution in [3.63, 3.8) is 0 Å². The third-order valence-corrected chi connectivity index (χ3v) is 2.28. The van der Waals surface area contributed by atoms with Crippen LogP contribution in [0.4, 0.5) is 0 Å². The number of hydrogen-bond acceptors (Lipinski definition) is 1. The van der Waals surface area contributed by atoms with Gasteiger partial charge in [-0.15, -0.1) is 6.42 Å². The molecule has 0 fully saturated rings. The predicted molar refractivity (Wildman–Crippen MR) is 55.1 cm³/mol. The number of aliphatic hydroxyl groups excluding tert-OH is 1. The summed E-state index contributed by atoms with van der Waals surface area (Å²) in [6.07, 6.45) is 17.2. The third kappa shape index (κ3) is 3.96. The van der Waals surface area contributed by atoms with Gasteiger partial charge in [0.15, 0.2) is 0 Å². The average Bonchev–Trinajstić information content (AvgIpc) is 2.19. The maximum absolute atomic E-state index is 9.05. The molecule has 1 rings (SSSR count). The highest BCUT2D eigenvalue weighted by molar-refractivity contribution is 5.07. The van der Waals surface area contributed by atoms with Crippen LogP contribution in [0.1, 0.15) is 25.7 Å². The van der Waals surface area contributed by atoms with Gasteiger partial charge in [0.05, 0.1) is 0 Å². The number of aliphatic hydroxyl groups is 1. The zero-order valence-electron chi connectivity index (χ0n) is 7.82. The van der Waals surface area contributed by atoms with Gasteiger partial charge in [-0.3, -0.25) is 0 Å². The van der Waals surface area contributed by atoms with Gasteiger partial charge >= 0.3 is 0 Å². The van der Waals surface area contributed by atoms with Gasteiger partial charge in [-0.05, 0) is 37.7 Å². The Hall–Kier alpha value is -1.00. The van der Waals surface area contributed by atoms with Crippen molar-refractivity contribution in [1.82, 2.24) is 0 Å². The molecule has 0 bridgehead atoms. The molecule has 0 aromatic heterocycles. The lowest BCUT2D eigenvalue weighted by molar-refractivity contribution is 0.280. The number of hydrogen-bond donors (Lipinski definition) is 1. The summed E-state index contributed by atoms with van der Waals surface area (Å²) in [5.74, 6) is 2.90. The molecule has 1 N–H and O–H groups in total. The van der Waals surface area contributed by atoms with Gasteiger partial charge in [0, 0.05) is 0 Å². The van der Waals surface area contributed by atoms with Crippen LogP contribution in [0.3, 0.4) is 0 Å². The molecule has 1 nitrogen and oxygen atoms in total. The molecule has 0 saturated carbocycles. The van der Waals surface area contributed by atoms with E-state index in [1.165, 1.54) is 19.3 Å². The lowest BCUT2D eigenvalue weighted by Gasteiger charge is -2.13. The van der Waals surface area contributed by atoms with Gasteiger partial charge in [-0.1, -0.05) is 24.1 Å². The molecule has 0 amide bonds. The Bertz CT molecular complexity index is 232. The molecule has 13 heavy (non-hydrogen) atoms. The first-order valence-electron chi connectivity index (χ1n) is 4.80. The van der Waals surface area contributed by atoms with Crippen molar-refractivity contribution in [2.75, 3.05) is 0 Å². The van der Waals surface area contributed by atoms with Crippen molar-refractivity contribution >= 4 is 0 Å². The Morgan fingerprint density at radius 2 is 2.54 bits per heavy atom. The molecule has 0 spiro atoms. The van der Waals surface area contributed by atoms with E-state index in [1.807, 2.05) is 6.08 Å². The molecule has 1 aliphatic rings. The molecular formula is C12H16O. The molecule has 2 atom stereocenters. The highest BCUT2D eigenvalue weighted by Gasteiger charge is 2.05. The van der Waals surface area contributed by atoms with Crippen molar-refractivity contribution in [3.05, 3.63) is 24.3 Å². The van der Waals surface area contributed by atoms with Crippen molar-refractivity contribution < 1.29 is 5.11 Å². The average molecular weight is 176 g/mol. The van der Waals surface area contributed by atoms with E-state index in [-0.39, 0.29) is 0 Å². The minimum absolute atomic E-state index is 0.648. The monoisotopic (exact) mass is 176 g/mol. The Balaban J connectivity index is 2.25. The molecule has 0 radical (unpaired) electrons. The molecule has 0 aliphatic heterocycles. The van der Waals surface area contributed by atoms with E-state index in [1.54, 1.807) is 6.08 Å². The number of terminal acetylenes is 1. The van der Waals surface area contributed by atoms with Crippen LogP contribution in [0, 0.1) is 18.3 Å². The summed E-state index contributed by atoms with van der Waals surface area (Å²) in [5.41, 5.74) is 0. The largest absolute Gasteiger partial charge is 0.377 e. The van der Waals surface area contributed by atoms with Crippen LogP contribution in [0.15, 0.2) is 24.3 Å². The molecule has 0 aromatic carbocycles. The molecule has 70 valence electrons. The van der Waals surface area contributed by atoms with E-state index >= 15 is 0 Å². The fourth-order valence-corrected chi connectivity index (χ4v) is 1.52. The Morgan fingerprint density at radius 3 is 3.15 bits per heavy atom. The van der Waals surface area contributed by atoms with Crippen LogP contribution in [-0.2, 0) is 0 Å². The summed E-state index contributed by atoms with van der Waals surface area (Å²) < 4.78 is 0. The lowest BCUT2D eigenvalue weighted by atomic mass is 9.93. The van der Waals surface area contributed by atoms with Crippen molar-refractivity contribution in [1.29, 1.82) is 0 Å². The van der Waals surface area contributed by atoms with Crippen molar-refractivity contribution in [2.24, 2.45) is 5.92 Å². The van der Waals surface area contributed by atoms with Crippen molar-refractivity contribution in [3.8, 4) is 12.3 Å². The van der Waals surface area contributed by atoms with E-state index in [2.05, 4.69) is 18.1 Å². The van der Waals surface area contributed by atoms with Gasteiger partial charge in [-0.25, -0.2) is 0 Å².